The van der Waals surface area contributed by atoms with E-state index in [2.05, 4.69) is 12.2 Å². The number of nitrogens with two attached hydrogens (primary N) is 2. The monoisotopic (exact) mass is 468 g/mol. The highest BCUT2D eigenvalue weighted by atomic mass is 14.8. The van der Waals surface area contributed by atoms with Gasteiger partial charge >= 0.3 is 0 Å². The molecule has 0 aliphatic heterocycles. The largest absolute Gasteiger partial charge is 0.330 e. The third kappa shape index (κ3) is 28.0. The van der Waals surface area contributed by atoms with Gasteiger partial charge in [-0.2, -0.15) is 0 Å². The molecule has 0 atom stereocenters. The van der Waals surface area contributed by atoms with E-state index in [-0.39, 0.29) is 0 Å². The van der Waals surface area contributed by atoms with Crippen LogP contribution in [0.5, 0.6) is 0 Å². The smallest absolute Gasteiger partial charge is 0.00489 e. The average molecular weight is 468 g/mol. The fourth-order valence-corrected chi connectivity index (χ4v) is 5.02. The van der Waals surface area contributed by atoms with Crippen molar-refractivity contribution in [2.75, 3.05) is 26.2 Å². The maximum absolute atomic E-state index is 5.64. The van der Waals surface area contributed by atoms with E-state index >= 15 is 0 Å². The molecule has 0 saturated heterocycles. The zero-order valence-corrected chi connectivity index (χ0v) is 23.0. The first-order valence-electron chi connectivity index (χ1n) is 15.5. The van der Waals surface area contributed by atoms with Gasteiger partial charge in [-0.3, -0.25) is 0 Å². The van der Waals surface area contributed by atoms with Crippen LogP contribution < -0.4 is 16.8 Å². The second kappa shape index (κ2) is 29.9. The summed E-state index contributed by atoms with van der Waals surface area (Å²) >= 11 is 0. The third-order valence-electron chi connectivity index (χ3n) is 7.31. The van der Waals surface area contributed by atoms with E-state index in [1.807, 2.05) is 0 Å². The molecule has 0 spiro atoms. The van der Waals surface area contributed by atoms with E-state index in [4.69, 9.17) is 11.5 Å². The summed E-state index contributed by atoms with van der Waals surface area (Å²) in [5.41, 5.74) is 11.3. The Morgan fingerprint density at radius 1 is 0.424 bits per heavy atom. The van der Waals surface area contributed by atoms with Crippen LogP contribution in [0.2, 0.25) is 0 Å². The highest BCUT2D eigenvalue weighted by molar-refractivity contribution is 4.62. The molecule has 0 unspecified atom stereocenters. The summed E-state index contributed by atoms with van der Waals surface area (Å²) in [5.74, 6) is 0.963. The van der Waals surface area contributed by atoms with Crippen molar-refractivity contribution in [2.45, 2.75) is 161 Å². The van der Waals surface area contributed by atoms with Gasteiger partial charge in [0.2, 0.25) is 0 Å². The lowest BCUT2D eigenvalue weighted by atomic mass is 9.89. The number of hydrogen-bond acceptors (Lipinski definition) is 3. The minimum absolute atomic E-state index is 0.860. The van der Waals surface area contributed by atoms with Crippen LogP contribution >= 0.6 is 0 Å². The Morgan fingerprint density at radius 3 is 1.15 bits per heavy atom. The Balaban J connectivity index is 3.54. The Morgan fingerprint density at radius 2 is 0.758 bits per heavy atom. The first-order chi connectivity index (χ1) is 16.3. The third-order valence-corrected chi connectivity index (χ3v) is 7.31. The number of hydrogen-bond donors (Lipinski definition) is 3. The molecule has 0 aliphatic rings. The SMILES string of the molecule is CCCCCCCCCCCNCCCCCCC(CCCCCCN)CCCCCCN. The minimum atomic E-state index is 0.860. The van der Waals surface area contributed by atoms with Gasteiger partial charge in [-0.15, -0.1) is 0 Å². The zero-order chi connectivity index (χ0) is 24.1. The van der Waals surface area contributed by atoms with Crippen LogP contribution in [0.4, 0.5) is 0 Å². The summed E-state index contributed by atoms with van der Waals surface area (Å²) in [7, 11) is 0. The summed E-state index contributed by atoms with van der Waals surface area (Å²) in [5, 5.41) is 3.68. The molecule has 0 aromatic carbocycles. The van der Waals surface area contributed by atoms with Crippen LogP contribution in [0.1, 0.15) is 161 Å². The molecule has 5 N–H and O–H groups in total. The summed E-state index contributed by atoms with van der Waals surface area (Å²) in [6, 6.07) is 0. The van der Waals surface area contributed by atoms with Crippen LogP contribution in [-0.4, -0.2) is 26.2 Å². The molecule has 0 bridgehead atoms. The highest BCUT2D eigenvalue weighted by Crippen LogP contribution is 2.24. The molecule has 3 heteroatoms. The average Bonchev–Trinajstić information content (AvgIpc) is 2.83. The summed E-state index contributed by atoms with van der Waals surface area (Å²) in [6.07, 6.45) is 33.5. The molecule has 0 heterocycles. The lowest BCUT2D eigenvalue weighted by molar-refractivity contribution is 0.367. The standard InChI is InChI=1S/C30H65N3/c1-2-3-4-5-6-7-8-14-21-28-33-29-22-15-11-18-25-30(23-16-9-12-19-26-31)24-17-10-13-20-27-32/h30,33H,2-29,31-32H2,1H3. The molecule has 200 valence electrons. The Bertz CT molecular complexity index is 321. The molecule has 3 nitrogen and oxygen atoms in total. The van der Waals surface area contributed by atoms with Crippen molar-refractivity contribution < 1.29 is 0 Å². The second-order valence-corrected chi connectivity index (χ2v) is 10.6. The molecular weight excluding hydrogens is 402 g/mol. The molecule has 0 saturated carbocycles. The van der Waals surface area contributed by atoms with E-state index in [1.165, 1.54) is 167 Å². The van der Waals surface area contributed by atoms with Crippen molar-refractivity contribution in [3.05, 3.63) is 0 Å². The predicted molar refractivity (Wildman–Crippen MR) is 151 cm³/mol. The van der Waals surface area contributed by atoms with Crippen molar-refractivity contribution in [2.24, 2.45) is 17.4 Å². The normalized spacial score (nSPS) is 11.6. The van der Waals surface area contributed by atoms with E-state index in [9.17, 15) is 0 Å². The van der Waals surface area contributed by atoms with Crippen LogP contribution in [0.15, 0.2) is 0 Å². The lowest BCUT2D eigenvalue weighted by Crippen LogP contribution is -2.16. The first kappa shape index (κ1) is 32.9. The molecule has 33 heavy (non-hydrogen) atoms. The molecule has 0 rings (SSSR count). The quantitative estimate of drug-likeness (QED) is 0.0966. The predicted octanol–water partition coefficient (Wildman–Crippen LogP) is 8.49. The molecule has 0 fully saturated rings. The summed E-state index contributed by atoms with van der Waals surface area (Å²) in [4.78, 5) is 0. The van der Waals surface area contributed by atoms with E-state index in [0.29, 0.717) is 0 Å². The van der Waals surface area contributed by atoms with Gasteiger partial charge in [-0.05, 0) is 57.8 Å². The number of nitrogens with one attached hydrogen (secondary N) is 1. The van der Waals surface area contributed by atoms with Gasteiger partial charge in [0.05, 0.1) is 0 Å². The molecule has 0 aliphatic carbocycles. The maximum Gasteiger partial charge on any atom is -0.00489 e. The Labute approximate surface area is 210 Å². The molecule has 0 aromatic heterocycles. The topological polar surface area (TPSA) is 64.1 Å². The van der Waals surface area contributed by atoms with Crippen LogP contribution in [0, 0.1) is 5.92 Å². The van der Waals surface area contributed by atoms with Gasteiger partial charge in [0.15, 0.2) is 0 Å². The van der Waals surface area contributed by atoms with E-state index in [0.717, 1.165) is 19.0 Å². The number of unbranched alkanes of at least 4 members (excludes halogenated alkanes) is 17. The molecule has 0 radical (unpaired) electrons. The highest BCUT2D eigenvalue weighted by Gasteiger charge is 2.08. The van der Waals surface area contributed by atoms with Gasteiger partial charge in [0.1, 0.15) is 0 Å². The van der Waals surface area contributed by atoms with E-state index < -0.39 is 0 Å². The summed E-state index contributed by atoms with van der Waals surface area (Å²) < 4.78 is 0. The van der Waals surface area contributed by atoms with Crippen molar-refractivity contribution in [1.82, 2.24) is 5.32 Å². The Hall–Kier alpha value is -0.120. The number of rotatable bonds is 29. The second-order valence-electron chi connectivity index (χ2n) is 10.6. The first-order valence-corrected chi connectivity index (χ1v) is 15.5. The van der Waals surface area contributed by atoms with Crippen LogP contribution in [-0.2, 0) is 0 Å². The van der Waals surface area contributed by atoms with Crippen molar-refractivity contribution in [1.29, 1.82) is 0 Å². The van der Waals surface area contributed by atoms with Crippen LogP contribution in [0.3, 0.4) is 0 Å². The molecule has 0 amide bonds. The molecule has 0 aromatic rings. The van der Waals surface area contributed by atoms with Crippen LogP contribution in [0.25, 0.3) is 0 Å². The zero-order valence-electron chi connectivity index (χ0n) is 23.0. The van der Waals surface area contributed by atoms with Gasteiger partial charge in [0, 0.05) is 0 Å². The fraction of sp³-hybridized carbons (Fsp3) is 1.00. The maximum atomic E-state index is 5.64. The molecular formula is C30H65N3. The van der Waals surface area contributed by atoms with E-state index in [1.54, 1.807) is 0 Å². The Kier molecular flexibility index (Phi) is 29.8. The van der Waals surface area contributed by atoms with Gasteiger partial charge in [0.25, 0.3) is 0 Å². The lowest BCUT2D eigenvalue weighted by Gasteiger charge is -2.17. The van der Waals surface area contributed by atoms with Crippen molar-refractivity contribution >= 4 is 0 Å². The van der Waals surface area contributed by atoms with Gasteiger partial charge in [-0.1, -0.05) is 135 Å². The summed E-state index contributed by atoms with van der Waals surface area (Å²) in [6.45, 7) is 6.47. The minimum Gasteiger partial charge on any atom is -0.330 e. The van der Waals surface area contributed by atoms with Crippen molar-refractivity contribution in [3.63, 3.8) is 0 Å². The van der Waals surface area contributed by atoms with Gasteiger partial charge < -0.3 is 16.8 Å². The van der Waals surface area contributed by atoms with Gasteiger partial charge in [-0.25, -0.2) is 0 Å². The van der Waals surface area contributed by atoms with Crippen molar-refractivity contribution in [3.8, 4) is 0 Å². The fourth-order valence-electron chi connectivity index (χ4n) is 5.02.